The van der Waals surface area contributed by atoms with E-state index in [2.05, 4.69) is 32.3 Å². The molecule has 0 radical (unpaired) electrons. The number of anilines is 1. The van der Waals surface area contributed by atoms with Gasteiger partial charge in [0.1, 0.15) is 0 Å². The molecule has 5 nitrogen and oxygen atoms in total. The van der Waals surface area contributed by atoms with Gasteiger partial charge in [-0.05, 0) is 13.0 Å². The largest absolute Gasteiger partial charge is 0.352 e. The highest BCUT2D eigenvalue weighted by Crippen LogP contribution is 2.27. The smallest absolute Gasteiger partial charge is 0.160 e. The highest BCUT2D eigenvalue weighted by atomic mass is 35.5. The number of aromatic nitrogens is 3. The molecule has 1 unspecified atom stereocenters. The number of hydrogen-bond donors (Lipinski definition) is 1. The van der Waals surface area contributed by atoms with Gasteiger partial charge in [-0.1, -0.05) is 11.6 Å². The summed E-state index contributed by atoms with van der Waals surface area (Å²) in [4.78, 5) is 6.39. The summed E-state index contributed by atoms with van der Waals surface area (Å²) >= 11 is 6.06. The van der Waals surface area contributed by atoms with Gasteiger partial charge >= 0.3 is 0 Å². The molecule has 1 atom stereocenters. The number of halogens is 1. The van der Waals surface area contributed by atoms with Crippen LogP contribution < -0.4 is 10.2 Å². The topological polar surface area (TPSA) is 53.9 Å². The standard InChI is InChI=1S/C12H14ClN5/c1-8-7-18(5-4-15-8)12-10-6-14-3-2-9(10)11(13)16-17-12/h2-3,6,8,15H,4-5,7H2,1H3. The molecular formula is C12H14ClN5. The first-order chi connectivity index (χ1) is 8.75. The maximum absolute atomic E-state index is 6.06. The van der Waals surface area contributed by atoms with Crippen LogP contribution in [0.25, 0.3) is 10.8 Å². The van der Waals surface area contributed by atoms with Crippen LogP contribution in [0.15, 0.2) is 18.5 Å². The van der Waals surface area contributed by atoms with Gasteiger partial charge in [0.25, 0.3) is 0 Å². The quantitative estimate of drug-likeness (QED) is 0.845. The molecule has 0 aromatic carbocycles. The summed E-state index contributed by atoms with van der Waals surface area (Å²) in [5.41, 5.74) is 0. The number of nitrogens with zero attached hydrogens (tertiary/aromatic N) is 4. The zero-order chi connectivity index (χ0) is 12.5. The van der Waals surface area contributed by atoms with Crippen molar-refractivity contribution < 1.29 is 0 Å². The summed E-state index contributed by atoms with van der Waals surface area (Å²) in [5.74, 6) is 0.871. The first-order valence-electron chi connectivity index (χ1n) is 6.00. The van der Waals surface area contributed by atoms with Crippen LogP contribution in [0.5, 0.6) is 0 Å². The summed E-state index contributed by atoms with van der Waals surface area (Å²) in [7, 11) is 0. The molecule has 94 valence electrons. The third-order valence-electron chi connectivity index (χ3n) is 3.19. The Morgan fingerprint density at radius 1 is 1.39 bits per heavy atom. The van der Waals surface area contributed by atoms with Crippen molar-refractivity contribution in [2.75, 3.05) is 24.5 Å². The lowest BCUT2D eigenvalue weighted by Gasteiger charge is -2.32. The minimum absolute atomic E-state index is 0.430. The molecule has 0 spiro atoms. The van der Waals surface area contributed by atoms with E-state index in [1.54, 1.807) is 12.4 Å². The fourth-order valence-corrected chi connectivity index (χ4v) is 2.51. The van der Waals surface area contributed by atoms with Crippen LogP contribution in [-0.4, -0.2) is 40.9 Å². The number of fused-ring (bicyclic) bond motifs is 1. The van der Waals surface area contributed by atoms with Crippen molar-refractivity contribution in [3.63, 3.8) is 0 Å². The minimum atomic E-state index is 0.430. The van der Waals surface area contributed by atoms with Crippen LogP contribution >= 0.6 is 11.6 Å². The molecule has 1 fully saturated rings. The van der Waals surface area contributed by atoms with Gasteiger partial charge in [0.15, 0.2) is 11.0 Å². The first kappa shape index (κ1) is 11.6. The molecule has 1 saturated heterocycles. The number of pyridine rings is 1. The maximum atomic E-state index is 6.06. The van der Waals surface area contributed by atoms with Crippen LogP contribution in [0.1, 0.15) is 6.92 Å². The summed E-state index contributed by atoms with van der Waals surface area (Å²) in [6, 6.07) is 2.32. The molecule has 0 bridgehead atoms. The van der Waals surface area contributed by atoms with Crippen molar-refractivity contribution in [1.82, 2.24) is 20.5 Å². The van der Waals surface area contributed by atoms with Crippen molar-refractivity contribution in [2.24, 2.45) is 0 Å². The van der Waals surface area contributed by atoms with E-state index in [4.69, 9.17) is 11.6 Å². The van der Waals surface area contributed by atoms with E-state index in [9.17, 15) is 0 Å². The Labute approximate surface area is 110 Å². The van der Waals surface area contributed by atoms with Gasteiger partial charge in [0.2, 0.25) is 0 Å². The Bertz CT molecular complexity index is 573. The van der Waals surface area contributed by atoms with E-state index in [-0.39, 0.29) is 0 Å². The second kappa shape index (κ2) is 4.66. The maximum Gasteiger partial charge on any atom is 0.160 e. The number of hydrogen-bond acceptors (Lipinski definition) is 5. The van der Waals surface area contributed by atoms with E-state index in [1.807, 2.05) is 6.07 Å². The fourth-order valence-electron chi connectivity index (χ4n) is 2.31. The van der Waals surface area contributed by atoms with E-state index < -0.39 is 0 Å². The van der Waals surface area contributed by atoms with Crippen LogP contribution in [0.4, 0.5) is 5.82 Å². The second-order valence-corrected chi connectivity index (χ2v) is 4.89. The molecule has 6 heteroatoms. The van der Waals surface area contributed by atoms with Gasteiger partial charge in [0.05, 0.1) is 0 Å². The highest BCUT2D eigenvalue weighted by molar-refractivity contribution is 6.34. The zero-order valence-electron chi connectivity index (χ0n) is 10.1. The van der Waals surface area contributed by atoms with Crippen molar-refractivity contribution in [1.29, 1.82) is 0 Å². The van der Waals surface area contributed by atoms with Gasteiger partial charge in [-0.2, -0.15) is 0 Å². The predicted molar refractivity (Wildman–Crippen MR) is 72.0 cm³/mol. The summed E-state index contributed by atoms with van der Waals surface area (Å²) < 4.78 is 0. The molecule has 2 aromatic heterocycles. The summed E-state index contributed by atoms with van der Waals surface area (Å²) in [6.07, 6.45) is 3.53. The van der Waals surface area contributed by atoms with Gasteiger partial charge < -0.3 is 10.2 Å². The van der Waals surface area contributed by atoms with Crippen LogP contribution in [0, 0.1) is 0 Å². The normalized spacial score (nSPS) is 20.3. The predicted octanol–water partition coefficient (Wildman–Crippen LogP) is 1.48. The Balaban J connectivity index is 2.09. The highest BCUT2D eigenvalue weighted by Gasteiger charge is 2.20. The molecule has 0 aliphatic carbocycles. The lowest BCUT2D eigenvalue weighted by molar-refractivity contribution is 0.482. The molecule has 3 rings (SSSR count). The molecule has 1 aliphatic heterocycles. The van der Waals surface area contributed by atoms with Gasteiger partial charge in [-0.15, -0.1) is 10.2 Å². The van der Waals surface area contributed by atoms with Crippen molar-refractivity contribution in [2.45, 2.75) is 13.0 Å². The SMILES string of the molecule is CC1CN(c2nnc(Cl)c3ccncc23)CCN1. The second-order valence-electron chi connectivity index (χ2n) is 4.54. The minimum Gasteiger partial charge on any atom is -0.352 e. The Hall–Kier alpha value is -1.46. The Morgan fingerprint density at radius 3 is 3.11 bits per heavy atom. The molecule has 2 aromatic rings. The van der Waals surface area contributed by atoms with Gasteiger partial charge in [0, 0.05) is 48.8 Å². The Morgan fingerprint density at radius 2 is 2.28 bits per heavy atom. The summed E-state index contributed by atoms with van der Waals surface area (Å²) in [6.45, 7) is 4.95. The zero-order valence-corrected chi connectivity index (χ0v) is 10.9. The van der Waals surface area contributed by atoms with Crippen molar-refractivity contribution in [3.05, 3.63) is 23.6 Å². The molecule has 3 heterocycles. The Kier molecular flexibility index (Phi) is 3.01. The van der Waals surface area contributed by atoms with Crippen LogP contribution in [0.2, 0.25) is 5.15 Å². The lowest BCUT2D eigenvalue weighted by Crippen LogP contribution is -2.49. The molecular weight excluding hydrogens is 250 g/mol. The summed E-state index contributed by atoms with van der Waals surface area (Å²) in [5, 5.41) is 14.0. The first-order valence-corrected chi connectivity index (χ1v) is 6.38. The fraction of sp³-hybridized carbons (Fsp3) is 0.417. The van der Waals surface area contributed by atoms with E-state index in [0.29, 0.717) is 11.2 Å². The molecule has 0 saturated carbocycles. The number of piperazine rings is 1. The monoisotopic (exact) mass is 263 g/mol. The van der Waals surface area contributed by atoms with E-state index in [1.165, 1.54) is 0 Å². The lowest BCUT2D eigenvalue weighted by atomic mass is 10.2. The third kappa shape index (κ3) is 2.00. The van der Waals surface area contributed by atoms with Crippen molar-refractivity contribution >= 4 is 28.2 Å². The average molecular weight is 264 g/mol. The van der Waals surface area contributed by atoms with E-state index in [0.717, 1.165) is 36.2 Å². The van der Waals surface area contributed by atoms with Gasteiger partial charge in [-0.25, -0.2) is 0 Å². The molecule has 1 N–H and O–H groups in total. The molecule has 0 amide bonds. The third-order valence-corrected chi connectivity index (χ3v) is 3.46. The number of nitrogens with one attached hydrogen (secondary N) is 1. The average Bonchev–Trinajstić information content (AvgIpc) is 2.39. The molecule has 18 heavy (non-hydrogen) atoms. The van der Waals surface area contributed by atoms with Crippen LogP contribution in [-0.2, 0) is 0 Å². The van der Waals surface area contributed by atoms with Crippen LogP contribution in [0.3, 0.4) is 0 Å². The van der Waals surface area contributed by atoms with E-state index >= 15 is 0 Å². The number of rotatable bonds is 1. The van der Waals surface area contributed by atoms with Crippen molar-refractivity contribution in [3.8, 4) is 0 Å². The van der Waals surface area contributed by atoms with Gasteiger partial charge in [-0.3, -0.25) is 4.98 Å². The molecule has 1 aliphatic rings.